The molecule has 1 saturated carbocycles. The van der Waals surface area contributed by atoms with E-state index in [1.807, 2.05) is 20.8 Å². The zero-order valence-electron chi connectivity index (χ0n) is 15.8. The molecule has 1 unspecified atom stereocenters. The Bertz CT molecular complexity index is 658. The summed E-state index contributed by atoms with van der Waals surface area (Å²) < 4.78 is 39.1. The van der Waals surface area contributed by atoms with Crippen molar-refractivity contribution in [1.82, 2.24) is 0 Å². The lowest BCUT2D eigenvalue weighted by Gasteiger charge is -2.33. The molecule has 1 atom stereocenters. The van der Waals surface area contributed by atoms with Crippen molar-refractivity contribution < 1.29 is 33.0 Å². The van der Waals surface area contributed by atoms with E-state index in [1.54, 1.807) is 12.1 Å². The molecule has 0 radical (unpaired) electrons. The summed E-state index contributed by atoms with van der Waals surface area (Å²) in [6.45, 7) is 5.62. The maximum absolute atomic E-state index is 14.2. The number of carbonyl (C=O) groups excluding carboxylic acids is 1. The molecule has 1 aromatic carbocycles. The van der Waals surface area contributed by atoms with Gasteiger partial charge in [0.15, 0.2) is 6.10 Å². The first-order chi connectivity index (χ1) is 12.5. The number of alkyl halides is 2. The lowest BCUT2D eigenvalue weighted by molar-refractivity contribution is -0.189. The van der Waals surface area contributed by atoms with Gasteiger partial charge in [0.25, 0.3) is 0 Å². The van der Waals surface area contributed by atoms with Crippen molar-refractivity contribution in [2.45, 2.75) is 70.5 Å². The Hall–Kier alpha value is -2.18. The molecular weight excluding hydrogens is 358 g/mol. The molecule has 0 saturated heterocycles. The quantitative estimate of drug-likeness (QED) is 0.721. The molecule has 0 amide bonds. The van der Waals surface area contributed by atoms with E-state index in [-0.39, 0.29) is 5.56 Å². The summed E-state index contributed by atoms with van der Waals surface area (Å²) in [6.07, 6.45) is 1.19. The van der Waals surface area contributed by atoms with Gasteiger partial charge in [-0.15, -0.1) is 0 Å². The summed E-state index contributed by atoms with van der Waals surface area (Å²) >= 11 is 0. The van der Waals surface area contributed by atoms with Crippen LogP contribution in [0.1, 0.15) is 63.2 Å². The number of hydrogen-bond donors (Lipinski definition) is 1. The zero-order chi connectivity index (χ0) is 20.2. The van der Waals surface area contributed by atoms with Crippen LogP contribution in [0.15, 0.2) is 24.3 Å². The van der Waals surface area contributed by atoms with Crippen LogP contribution in [0.5, 0.6) is 5.75 Å². The highest BCUT2D eigenvalue weighted by Gasteiger charge is 2.53. The monoisotopic (exact) mass is 384 g/mol. The minimum absolute atomic E-state index is 0.0678. The average Bonchev–Trinajstić information content (AvgIpc) is 2.59. The normalized spacial score (nSPS) is 17.2. The van der Waals surface area contributed by atoms with Crippen molar-refractivity contribution in [3.63, 3.8) is 0 Å². The lowest BCUT2D eigenvalue weighted by Crippen LogP contribution is -2.48. The van der Waals surface area contributed by atoms with Gasteiger partial charge in [-0.2, -0.15) is 8.78 Å². The Labute approximate surface area is 157 Å². The topological polar surface area (TPSA) is 72.8 Å². The minimum Gasteiger partial charge on any atom is -0.488 e. The van der Waals surface area contributed by atoms with E-state index in [9.17, 15) is 18.4 Å². The highest BCUT2D eigenvalue weighted by Crippen LogP contribution is 2.36. The zero-order valence-corrected chi connectivity index (χ0v) is 15.8. The molecule has 150 valence electrons. The number of carboxylic acid groups (broad SMARTS) is 1. The summed E-state index contributed by atoms with van der Waals surface area (Å²) in [6, 6.07) is 5.93. The number of rotatable bonds is 6. The van der Waals surface area contributed by atoms with Gasteiger partial charge in [-0.05, 0) is 57.9 Å². The van der Waals surface area contributed by atoms with E-state index in [0.717, 1.165) is 6.42 Å². The summed E-state index contributed by atoms with van der Waals surface area (Å²) in [5.74, 6) is -7.52. The second kappa shape index (κ2) is 8.23. The molecule has 0 heterocycles. The van der Waals surface area contributed by atoms with Crippen LogP contribution in [0.3, 0.4) is 0 Å². The van der Waals surface area contributed by atoms with Crippen LogP contribution in [-0.4, -0.2) is 34.7 Å². The van der Waals surface area contributed by atoms with Crippen LogP contribution in [0.25, 0.3) is 0 Å². The van der Waals surface area contributed by atoms with E-state index < -0.39 is 35.5 Å². The molecule has 0 aromatic heterocycles. The number of esters is 1. The molecule has 1 aliphatic carbocycles. The van der Waals surface area contributed by atoms with Gasteiger partial charge in [-0.1, -0.05) is 19.3 Å². The fourth-order valence-electron chi connectivity index (χ4n) is 3.22. The molecule has 0 spiro atoms. The number of hydrogen-bond acceptors (Lipinski definition) is 4. The highest BCUT2D eigenvalue weighted by molar-refractivity contribution is 5.90. The number of benzene rings is 1. The molecule has 1 fully saturated rings. The fourth-order valence-corrected chi connectivity index (χ4v) is 3.22. The van der Waals surface area contributed by atoms with Crippen molar-refractivity contribution in [2.75, 3.05) is 0 Å². The molecule has 1 aliphatic rings. The average molecular weight is 384 g/mol. The minimum atomic E-state index is -4.13. The SMILES string of the molecule is CC(C)(C)Oc1ccc(C(=O)OC(C2CCCCC2)C(F)(F)C(=O)O)cc1. The van der Waals surface area contributed by atoms with Crippen molar-refractivity contribution in [1.29, 1.82) is 0 Å². The van der Waals surface area contributed by atoms with E-state index in [0.29, 0.717) is 31.4 Å². The maximum Gasteiger partial charge on any atom is 0.378 e. The molecular formula is C20H26F2O5. The number of carbonyl (C=O) groups is 2. The Kier molecular flexibility index (Phi) is 6.44. The maximum atomic E-state index is 14.2. The molecule has 7 heteroatoms. The van der Waals surface area contributed by atoms with Crippen molar-refractivity contribution >= 4 is 11.9 Å². The molecule has 2 rings (SSSR count). The first kappa shape index (κ1) is 21.1. The summed E-state index contributed by atoms with van der Waals surface area (Å²) in [5, 5.41) is 8.91. The fraction of sp³-hybridized carbons (Fsp3) is 0.600. The van der Waals surface area contributed by atoms with Crippen LogP contribution in [0.4, 0.5) is 8.78 Å². The Morgan fingerprint density at radius 1 is 1.07 bits per heavy atom. The van der Waals surface area contributed by atoms with Crippen molar-refractivity contribution in [3.8, 4) is 5.75 Å². The standard InChI is InChI=1S/C20H26F2O5/c1-19(2,3)27-15-11-9-14(10-12-15)17(23)26-16(20(21,22)18(24)25)13-7-5-4-6-8-13/h9-13,16H,4-8H2,1-3H3,(H,24,25). The van der Waals surface area contributed by atoms with E-state index in [2.05, 4.69) is 0 Å². The van der Waals surface area contributed by atoms with Gasteiger partial charge >= 0.3 is 17.9 Å². The van der Waals surface area contributed by atoms with Crippen LogP contribution in [0.2, 0.25) is 0 Å². The van der Waals surface area contributed by atoms with Crippen molar-refractivity contribution in [2.24, 2.45) is 5.92 Å². The number of carboxylic acids is 1. The summed E-state index contributed by atoms with van der Waals surface area (Å²) in [4.78, 5) is 23.4. The number of aliphatic carboxylic acids is 1. The van der Waals surface area contributed by atoms with Gasteiger partial charge in [0.1, 0.15) is 11.4 Å². The number of halogens is 2. The van der Waals surface area contributed by atoms with Gasteiger partial charge in [-0.25, -0.2) is 9.59 Å². The van der Waals surface area contributed by atoms with Gasteiger partial charge in [0.05, 0.1) is 5.56 Å². The molecule has 0 bridgehead atoms. The van der Waals surface area contributed by atoms with Gasteiger partial charge < -0.3 is 14.6 Å². The van der Waals surface area contributed by atoms with Crippen LogP contribution in [-0.2, 0) is 9.53 Å². The third kappa shape index (κ3) is 5.65. The third-order valence-corrected chi connectivity index (χ3v) is 4.47. The molecule has 5 nitrogen and oxygen atoms in total. The molecule has 27 heavy (non-hydrogen) atoms. The van der Waals surface area contributed by atoms with Crippen molar-refractivity contribution in [3.05, 3.63) is 29.8 Å². The molecule has 1 aromatic rings. The predicted octanol–water partition coefficient (Wildman–Crippen LogP) is 4.69. The van der Waals surface area contributed by atoms with Gasteiger partial charge in [0.2, 0.25) is 0 Å². The van der Waals surface area contributed by atoms with Crippen LogP contribution >= 0.6 is 0 Å². The summed E-state index contributed by atoms with van der Waals surface area (Å²) in [7, 11) is 0. The van der Waals surface area contributed by atoms with E-state index in [4.69, 9.17) is 14.6 Å². The van der Waals surface area contributed by atoms with E-state index in [1.165, 1.54) is 12.1 Å². The smallest absolute Gasteiger partial charge is 0.378 e. The predicted molar refractivity (Wildman–Crippen MR) is 95.2 cm³/mol. The molecule has 1 N–H and O–H groups in total. The van der Waals surface area contributed by atoms with Gasteiger partial charge in [0, 0.05) is 5.92 Å². The Morgan fingerprint density at radius 3 is 2.11 bits per heavy atom. The van der Waals surface area contributed by atoms with Crippen LogP contribution in [0, 0.1) is 5.92 Å². The first-order valence-corrected chi connectivity index (χ1v) is 9.12. The molecule has 0 aliphatic heterocycles. The Morgan fingerprint density at radius 2 is 1.63 bits per heavy atom. The second-order valence-electron chi connectivity index (χ2n) is 7.89. The third-order valence-electron chi connectivity index (χ3n) is 4.47. The van der Waals surface area contributed by atoms with Crippen LogP contribution < -0.4 is 4.74 Å². The largest absolute Gasteiger partial charge is 0.488 e. The number of ether oxygens (including phenoxy) is 2. The van der Waals surface area contributed by atoms with E-state index >= 15 is 0 Å². The lowest BCUT2D eigenvalue weighted by atomic mass is 9.83. The second-order valence-corrected chi connectivity index (χ2v) is 7.89. The summed E-state index contributed by atoms with van der Waals surface area (Å²) in [5.41, 5.74) is -0.351. The van der Waals surface area contributed by atoms with Gasteiger partial charge in [-0.3, -0.25) is 0 Å². The highest BCUT2D eigenvalue weighted by atomic mass is 19.3. The Balaban J connectivity index is 2.16. The first-order valence-electron chi connectivity index (χ1n) is 9.12.